The molecule has 20 nitrogen and oxygen atoms in total. The second-order valence-electron chi connectivity index (χ2n) is 27.9. The second-order valence-corrected chi connectivity index (χ2v) is 33.0. The van der Waals surface area contributed by atoms with Gasteiger partial charge in [0.15, 0.2) is 0 Å². The number of anilines is 1. The van der Waals surface area contributed by atoms with Gasteiger partial charge in [-0.25, -0.2) is 9.59 Å². The molecule has 8 atom stereocenters. The molecule has 95 heavy (non-hydrogen) atoms. The fourth-order valence-electron chi connectivity index (χ4n) is 14.3. The summed E-state index contributed by atoms with van der Waals surface area (Å²) in [7, 11) is -0.871. The van der Waals surface area contributed by atoms with E-state index in [1.807, 2.05) is 72.8 Å². The van der Waals surface area contributed by atoms with E-state index in [0.717, 1.165) is 75.9 Å². The number of likely N-dealkylation sites (tertiary alicyclic amines) is 1. The summed E-state index contributed by atoms with van der Waals surface area (Å²) in [6.07, 6.45) is 3.48. The summed E-state index contributed by atoms with van der Waals surface area (Å²) < 4.78 is 6.00. The van der Waals surface area contributed by atoms with Crippen LogP contribution in [0.1, 0.15) is 137 Å². The third-order valence-corrected chi connectivity index (χ3v) is 22.2. The van der Waals surface area contributed by atoms with Crippen molar-refractivity contribution in [1.29, 1.82) is 0 Å². The van der Waals surface area contributed by atoms with Gasteiger partial charge in [0.2, 0.25) is 29.5 Å². The fraction of sp³-hybridized carbons (Fsp3) is 0.392. The Hall–Kier alpha value is -9.63. The van der Waals surface area contributed by atoms with Crippen molar-refractivity contribution in [3.8, 4) is 11.1 Å². The number of alkyl carbamates (subject to hydrolysis) is 1. The number of fused-ring (bicyclic) bond motifs is 5. The van der Waals surface area contributed by atoms with Crippen molar-refractivity contribution < 1.29 is 53.0 Å². The molecule has 2 heterocycles. The Balaban J connectivity index is 0.760. The largest absolute Gasteiger partial charge is 0.465 e. The standard InChI is InChI=1S/C74H85N9O11Si/c1-44(81(5)73(92)93)65(84)80-64(74(2,3)4)71(90)82-40-51(39-62(82)68(87)77-59-28-16-20-46-18-8-10-22-52(46)59)76-67(86)49-34-36-50(37-35-49)75-66(85)48-32-30-45(31-33-48)38-61(79-72(91)94-41-58-56-26-14-12-24-54(56)55-25-13-15-27-57(55)58)70(89)83-43-95(6,7)42-63(83)69(88)78-60-29-17-21-47-19-9-11-23-53(47)60/h8-15,18-19,22-27,30-37,44,51,58-64H,16-17,20-21,28-29,38-43H2,1-7H3,(H,75,85)(H,76,86)(H,77,87)(H,78,88)(H,79,91)(H,80,84)(H,92,93)/t44?,51-,59+,60+,61?,62-,63?,64?/m0/s1. The van der Waals surface area contributed by atoms with E-state index in [9.17, 15) is 43.5 Å². The Kier molecular flexibility index (Phi) is 19.8. The van der Waals surface area contributed by atoms with E-state index in [2.05, 4.69) is 69.3 Å². The van der Waals surface area contributed by atoms with Crippen molar-refractivity contribution in [1.82, 2.24) is 41.3 Å². The van der Waals surface area contributed by atoms with Gasteiger partial charge in [0, 0.05) is 55.0 Å². The van der Waals surface area contributed by atoms with E-state index in [-0.39, 0.29) is 55.5 Å². The van der Waals surface area contributed by atoms with Crippen LogP contribution in [-0.4, -0.2) is 144 Å². The van der Waals surface area contributed by atoms with E-state index in [4.69, 9.17) is 4.74 Å². The highest BCUT2D eigenvalue weighted by Crippen LogP contribution is 2.45. The molecule has 4 unspecified atom stereocenters. The molecular formula is C74H85N9O11Si. The number of likely N-dealkylation sites (N-methyl/N-ethyl adjacent to an activating group) is 1. The summed E-state index contributed by atoms with van der Waals surface area (Å²) in [4.78, 5) is 130. The highest BCUT2D eigenvalue weighted by molar-refractivity contribution is 6.79. The summed E-state index contributed by atoms with van der Waals surface area (Å²) >= 11 is 0. The number of carboxylic acid groups (broad SMARTS) is 1. The molecule has 2 aliphatic heterocycles. The molecular weight excluding hydrogens is 1220 g/mol. The van der Waals surface area contributed by atoms with Crippen molar-refractivity contribution in [2.45, 2.75) is 152 Å². The first-order valence-electron chi connectivity index (χ1n) is 33.0. The minimum Gasteiger partial charge on any atom is -0.465 e. The number of aryl methyl sites for hydroxylation is 2. The van der Waals surface area contributed by atoms with Crippen molar-refractivity contribution in [3.63, 3.8) is 0 Å². The molecule has 7 N–H and O–H groups in total. The lowest BCUT2D eigenvalue weighted by Crippen LogP contribution is -2.60. The average molecular weight is 1300 g/mol. The van der Waals surface area contributed by atoms with Gasteiger partial charge in [0.1, 0.15) is 36.8 Å². The number of benzene rings is 6. The van der Waals surface area contributed by atoms with Gasteiger partial charge in [-0.15, -0.1) is 0 Å². The van der Waals surface area contributed by atoms with Gasteiger partial charge in [-0.3, -0.25) is 38.5 Å². The molecule has 5 aliphatic rings. The Morgan fingerprint density at radius 3 is 1.73 bits per heavy atom. The maximum Gasteiger partial charge on any atom is 0.407 e. The predicted octanol–water partition coefficient (Wildman–Crippen LogP) is 9.46. The molecule has 0 spiro atoms. The molecule has 0 radical (unpaired) electrons. The quantitative estimate of drug-likeness (QED) is 0.0398. The minimum atomic E-state index is -2.13. The summed E-state index contributed by atoms with van der Waals surface area (Å²) in [5, 5.41) is 27.7. The molecule has 21 heteroatoms. The highest BCUT2D eigenvalue weighted by Gasteiger charge is 2.49. The van der Waals surface area contributed by atoms with Crippen molar-refractivity contribution in [2.75, 3.05) is 31.7 Å². The number of ether oxygens (including phenoxy) is 1. The maximum absolute atomic E-state index is 15.1. The van der Waals surface area contributed by atoms with Crippen LogP contribution in [0.25, 0.3) is 11.1 Å². The summed E-state index contributed by atoms with van der Waals surface area (Å²) in [6, 6.07) is 39.2. The van der Waals surface area contributed by atoms with Crippen LogP contribution in [-0.2, 0) is 48.0 Å². The molecule has 3 aliphatic carbocycles. The van der Waals surface area contributed by atoms with Crippen LogP contribution >= 0.6 is 0 Å². The van der Waals surface area contributed by atoms with Gasteiger partial charge < -0.3 is 51.5 Å². The lowest BCUT2D eigenvalue weighted by atomic mass is 9.85. The average Bonchev–Trinajstić information content (AvgIpc) is 1.64. The normalized spacial score (nSPS) is 20.2. The van der Waals surface area contributed by atoms with E-state index in [1.165, 1.54) is 24.4 Å². The highest BCUT2D eigenvalue weighted by atomic mass is 28.3. The smallest absolute Gasteiger partial charge is 0.407 e. The van der Waals surface area contributed by atoms with Gasteiger partial charge in [-0.1, -0.05) is 143 Å². The summed E-state index contributed by atoms with van der Waals surface area (Å²) in [6.45, 7) is 11.0. The van der Waals surface area contributed by atoms with Gasteiger partial charge in [0.05, 0.1) is 20.2 Å². The topological polar surface area (TPSA) is 265 Å². The van der Waals surface area contributed by atoms with E-state index in [0.29, 0.717) is 35.4 Å². The van der Waals surface area contributed by atoms with Crippen LogP contribution in [0.3, 0.4) is 0 Å². The van der Waals surface area contributed by atoms with Crippen LogP contribution in [0.5, 0.6) is 0 Å². The third kappa shape index (κ3) is 15.0. The van der Waals surface area contributed by atoms with Crippen molar-refractivity contribution in [2.24, 2.45) is 5.41 Å². The number of amides is 9. The van der Waals surface area contributed by atoms with Crippen molar-refractivity contribution in [3.05, 3.63) is 196 Å². The number of carbonyl (C=O) groups is 9. The van der Waals surface area contributed by atoms with E-state index < -0.39 is 97.4 Å². The Labute approximate surface area is 555 Å². The van der Waals surface area contributed by atoms with E-state index >= 15 is 4.79 Å². The molecule has 2 fully saturated rings. The number of nitrogens with zero attached hydrogens (tertiary/aromatic N) is 3. The molecule has 9 amide bonds. The zero-order valence-corrected chi connectivity index (χ0v) is 55.9. The summed E-state index contributed by atoms with van der Waals surface area (Å²) in [5.74, 6) is -3.45. The molecule has 11 rings (SSSR count). The zero-order chi connectivity index (χ0) is 67.5. The number of rotatable bonds is 18. The summed E-state index contributed by atoms with van der Waals surface area (Å²) in [5.41, 5.74) is 9.33. The predicted molar refractivity (Wildman–Crippen MR) is 363 cm³/mol. The van der Waals surface area contributed by atoms with Gasteiger partial charge in [-0.05, 0) is 150 Å². The molecule has 6 aromatic carbocycles. The Bertz CT molecular complexity index is 3880. The molecule has 496 valence electrons. The van der Waals surface area contributed by atoms with Crippen LogP contribution < -0.4 is 31.9 Å². The first-order chi connectivity index (χ1) is 45.4. The van der Waals surface area contributed by atoms with Gasteiger partial charge in [0.25, 0.3) is 11.8 Å². The SMILES string of the molecule is CC(C(=O)NC(C(=O)N1C[C@@H](NC(=O)c2ccc(NC(=O)c3ccc(CC(NC(=O)OCC4c5ccccc5-c5ccccc54)C(=O)N4C[Si](C)(C)CC4C(=O)N[C@@H]4CCCc5ccccc54)cc3)cc2)C[C@H]1C(=O)N[C@@H]1CCCc2ccccc21)C(C)(C)C)N(C)C(=O)O. The van der Waals surface area contributed by atoms with Crippen LogP contribution in [0.2, 0.25) is 19.1 Å². The monoisotopic (exact) mass is 1300 g/mol. The van der Waals surface area contributed by atoms with E-state index in [1.54, 1.807) is 74.2 Å². The number of nitrogens with one attached hydrogen (secondary N) is 6. The molecule has 2 saturated heterocycles. The molecule has 0 aromatic heterocycles. The number of hydrogen-bond acceptors (Lipinski definition) is 10. The maximum atomic E-state index is 15.1. The Morgan fingerprint density at radius 2 is 1.16 bits per heavy atom. The lowest BCUT2D eigenvalue weighted by Gasteiger charge is -2.37. The van der Waals surface area contributed by atoms with Crippen molar-refractivity contribution >= 4 is 67.3 Å². The Morgan fingerprint density at radius 1 is 0.632 bits per heavy atom. The van der Waals surface area contributed by atoms with Crippen LogP contribution in [0.4, 0.5) is 15.3 Å². The van der Waals surface area contributed by atoms with Gasteiger partial charge in [-0.2, -0.15) is 0 Å². The third-order valence-electron chi connectivity index (χ3n) is 19.6. The lowest BCUT2D eigenvalue weighted by molar-refractivity contribution is -0.144. The molecule has 0 bridgehead atoms. The molecule has 6 aromatic rings. The first-order valence-corrected chi connectivity index (χ1v) is 36.4. The second kappa shape index (κ2) is 28.1. The fourth-order valence-corrected chi connectivity index (χ4v) is 17.2. The zero-order valence-electron chi connectivity index (χ0n) is 54.9. The van der Waals surface area contributed by atoms with Crippen LogP contribution in [0, 0.1) is 5.41 Å². The van der Waals surface area contributed by atoms with Crippen LogP contribution in [0.15, 0.2) is 146 Å². The first kappa shape index (κ1) is 66.8. The number of carbonyl (C=O) groups excluding carboxylic acids is 8. The number of hydrogen-bond donors (Lipinski definition) is 7. The minimum absolute atomic E-state index is 0.0268. The molecule has 0 saturated carbocycles. The van der Waals surface area contributed by atoms with Gasteiger partial charge >= 0.3 is 12.2 Å².